The van der Waals surface area contributed by atoms with Crippen molar-refractivity contribution in [2.75, 3.05) is 0 Å². The number of hydrogen-bond donors (Lipinski definition) is 0. The van der Waals surface area contributed by atoms with Crippen LogP contribution in [0.15, 0.2) is 11.6 Å². The monoisotopic (exact) mass is 220 g/mol. The second kappa shape index (κ2) is 3.89. The number of fused-ring (bicyclic) bond motifs is 1. The third kappa shape index (κ3) is 1.76. The molecule has 0 aliphatic rings. The summed E-state index contributed by atoms with van der Waals surface area (Å²) in [6, 6.07) is 0. The highest BCUT2D eigenvalue weighted by molar-refractivity contribution is 7.17. The maximum Gasteiger partial charge on any atom is 0.0745 e. The van der Waals surface area contributed by atoms with Crippen LogP contribution in [0.25, 0.3) is 10.1 Å². The second-order valence-electron chi connectivity index (χ2n) is 4.47. The molecule has 0 saturated carbocycles. The molecule has 80 valence electrons. The summed E-state index contributed by atoms with van der Waals surface area (Å²) in [5.74, 6) is 0.994. The Bertz CT molecular complexity index is 471. The van der Waals surface area contributed by atoms with Crippen molar-refractivity contribution in [3.63, 3.8) is 0 Å². The van der Waals surface area contributed by atoms with Gasteiger partial charge in [-0.3, -0.25) is 0 Å². The molecule has 0 atom stereocenters. The zero-order chi connectivity index (χ0) is 11.0. The zero-order valence-electron chi connectivity index (χ0n) is 9.61. The Morgan fingerprint density at radius 1 is 1.13 bits per heavy atom. The van der Waals surface area contributed by atoms with Gasteiger partial charge >= 0.3 is 0 Å². The van der Waals surface area contributed by atoms with E-state index < -0.39 is 0 Å². The van der Waals surface area contributed by atoms with E-state index in [4.69, 9.17) is 0 Å². The maximum absolute atomic E-state index is 4.28. The molecule has 0 N–H and O–H groups in total. The van der Waals surface area contributed by atoms with E-state index in [0.717, 1.165) is 5.69 Å². The van der Waals surface area contributed by atoms with Gasteiger partial charge in [-0.25, -0.2) is 0 Å². The third-order valence-electron chi connectivity index (χ3n) is 2.61. The number of nitrogens with zero attached hydrogens (tertiary/aromatic N) is 2. The molecule has 0 unspecified atom stereocenters. The molecule has 2 aromatic rings. The van der Waals surface area contributed by atoms with Crippen LogP contribution in [0.1, 0.15) is 50.8 Å². The Balaban J connectivity index is 2.75. The van der Waals surface area contributed by atoms with Crippen molar-refractivity contribution < 1.29 is 0 Å². The van der Waals surface area contributed by atoms with Gasteiger partial charge in [-0.1, -0.05) is 27.7 Å². The van der Waals surface area contributed by atoms with E-state index in [1.807, 2.05) is 6.20 Å². The van der Waals surface area contributed by atoms with Gasteiger partial charge in [0.2, 0.25) is 0 Å². The summed E-state index contributed by atoms with van der Waals surface area (Å²) in [6.45, 7) is 8.80. The first-order chi connectivity index (χ1) is 7.11. The minimum absolute atomic E-state index is 0.438. The fourth-order valence-corrected chi connectivity index (χ4v) is 2.87. The Kier molecular flexibility index (Phi) is 2.74. The number of rotatable bonds is 2. The van der Waals surface area contributed by atoms with Gasteiger partial charge in [-0.15, -0.1) is 11.3 Å². The first-order valence-corrected chi connectivity index (χ1v) is 6.22. The smallest absolute Gasteiger partial charge is 0.0745 e. The third-order valence-corrected chi connectivity index (χ3v) is 3.55. The van der Waals surface area contributed by atoms with Crippen molar-refractivity contribution in [2.45, 2.75) is 39.5 Å². The molecule has 0 radical (unpaired) electrons. The maximum atomic E-state index is 4.28. The lowest BCUT2D eigenvalue weighted by Crippen LogP contribution is -1.97. The Morgan fingerprint density at radius 3 is 2.47 bits per heavy atom. The highest BCUT2D eigenvalue weighted by Gasteiger charge is 2.15. The number of aromatic nitrogens is 2. The SMILES string of the molecule is CC(C)c1csc2cnnc(C(C)C)c12. The largest absolute Gasteiger partial charge is 0.157 e. The van der Waals surface area contributed by atoms with Crippen LogP contribution >= 0.6 is 11.3 Å². The highest BCUT2D eigenvalue weighted by Crippen LogP contribution is 2.34. The molecule has 0 saturated heterocycles. The fraction of sp³-hybridized carbons (Fsp3) is 0.500. The topological polar surface area (TPSA) is 25.8 Å². The van der Waals surface area contributed by atoms with Crippen LogP contribution in [0.5, 0.6) is 0 Å². The van der Waals surface area contributed by atoms with Crippen molar-refractivity contribution >= 4 is 21.4 Å². The fourth-order valence-electron chi connectivity index (χ4n) is 1.78. The Morgan fingerprint density at radius 2 is 1.87 bits per heavy atom. The second-order valence-corrected chi connectivity index (χ2v) is 5.38. The lowest BCUT2D eigenvalue weighted by Gasteiger charge is -2.09. The van der Waals surface area contributed by atoms with E-state index in [0.29, 0.717) is 11.8 Å². The molecule has 0 fully saturated rings. The summed E-state index contributed by atoms with van der Waals surface area (Å²) in [4.78, 5) is 0. The number of hydrogen-bond acceptors (Lipinski definition) is 3. The van der Waals surface area contributed by atoms with Gasteiger partial charge in [0.15, 0.2) is 0 Å². The van der Waals surface area contributed by atoms with Crippen LogP contribution in [0.3, 0.4) is 0 Å². The molecule has 0 amide bonds. The van der Waals surface area contributed by atoms with Crippen LogP contribution in [0.2, 0.25) is 0 Å². The van der Waals surface area contributed by atoms with Gasteiger partial charge in [-0.2, -0.15) is 10.2 Å². The Labute approximate surface area is 94.4 Å². The molecule has 0 bridgehead atoms. The minimum Gasteiger partial charge on any atom is -0.157 e. The van der Waals surface area contributed by atoms with Crippen molar-refractivity contribution in [3.05, 3.63) is 22.8 Å². The molecule has 15 heavy (non-hydrogen) atoms. The zero-order valence-corrected chi connectivity index (χ0v) is 10.4. The van der Waals surface area contributed by atoms with Gasteiger partial charge in [0.1, 0.15) is 0 Å². The first kappa shape index (κ1) is 10.6. The van der Waals surface area contributed by atoms with Crippen LogP contribution < -0.4 is 0 Å². The van der Waals surface area contributed by atoms with E-state index in [-0.39, 0.29) is 0 Å². The Hall–Kier alpha value is -0.960. The molecule has 0 aromatic carbocycles. The molecule has 0 spiro atoms. The first-order valence-electron chi connectivity index (χ1n) is 5.34. The highest BCUT2D eigenvalue weighted by atomic mass is 32.1. The van der Waals surface area contributed by atoms with Crippen molar-refractivity contribution in [2.24, 2.45) is 0 Å². The van der Waals surface area contributed by atoms with Crippen molar-refractivity contribution in [1.29, 1.82) is 0 Å². The normalized spacial score (nSPS) is 11.9. The summed E-state index contributed by atoms with van der Waals surface area (Å²) >= 11 is 1.77. The average Bonchev–Trinajstić information content (AvgIpc) is 2.60. The standard InChI is InChI=1S/C12H16N2S/c1-7(2)9-6-15-10-5-13-14-12(8(3)4)11(9)10/h5-8H,1-4H3. The van der Waals surface area contributed by atoms with E-state index in [9.17, 15) is 0 Å². The van der Waals surface area contributed by atoms with E-state index in [1.54, 1.807) is 11.3 Å². The lowest BCUT2D eigenvalue weighted by molar-refractivity contribution is 0.793. The molecule has 3 heteroatoms. The summed E-state index contributed by atoms with van der Waals surface area (Å²) < 4.78 is 1.26. The van der Waals surface area contributed by atoms with E-state index in [2.05, 4.69) is 43.3 Å². The quantitative estimate of drug-likeness (QED) is 0.766. The molecule has 2 rings (SSSR count). The van der Waals surface area contributed by atoms with Gasteiger partial charge < -0.3 is 0 Å². The van der Waals surface area contributed by atoms with Crippen LogP contribution in [-0.2, 0) is 0 Å². The summed E-state index contributed by atoms with van der Waals surface area (Å²) in [5, 5.41) is 11.9. The molecule has 2 aromatic heterocycles. The summed E-state index contributed by atoms with van der Waals surface area (Å²) in [7, 11) is 0. The lowest BCUT2D eigenvalue weighted by atomic mass is 9.98. The van der Waals surface area contributed by atoms with Crippen LogP contribution in [0, 0.1) is 0 Å². The van der Waals surface area contributed by atoms with Crippen molar-refractivity contribution in [1.82, 2.24) is 10.2 Å². The molecular weight excluding hydrogens is 204 g/mol. The average molecular weight is 220 g/mol. The molecule has 0 aliphatic carbocycles. The van der Waals surface area contributed by atoms with Gasteiger partial charge in [0.25, 0.3) is 0 Å². The minimum atomic E-state index is 0.438. The molecule has 2 heterocycles. The molecule has 2 nitrogen and oxygen atoms in total. The summed E-state index contributed by atoms with van der Waals surface area (Å²) in [5.41, 5.74) is 2.55. The number of thiophene rings is 1. The predicted molar refractivity (Wildman–Crippen MR) is 65.6 cm³/mol. The summed E-state index contributed by atoms with van der Waals surface area (Å²) in [6.07, 6.45) is 1.87. The predicted octanol–water partition coefficient (Wildman–Crippen LogP) is 3.94. The van der Waals surface area contributed by atoms with E-state index >= 15 is 0 Å². The van der Waals surface area contributed by atoms with Gasteiger partial charge in [-0.05, 0) is 22.8 Å². The van der Waals surface area contributed by atoms with Crippen LogP contribution in [-0.4, -0.2) is 10.2 Å². The van der Waals surface area contributed by atoms with Crippen LogP contribution in [0.4, 0.5) is 0 Å². The molecular formula is C12H16N2S. The van der Waals surface area contributed by atoms with Gasteiger partial charge in [0.05, 0.1) is 16.6 Å². The van der Waals surface area contributed by atoms with Gasteiger partial charge in [0, 0.05) is 5.39 Å². The van der Waals surface area contributed by atoms with Crippen molar-refractivity contribution in [3.8, 4) is 0 Å². The molecule has 0 aliphatic heterocycles. The van der Waals surface area contributed by atoms with E-state index in [1.165, 1.54) is 15.6 Å².